The molecule has 1 N–H and O–H groups in total. The van der Waals surface area contributed by atoms with E-state index < -0.39 is 0 Å². The zero-order valence-corrected chi connectivity index (χ0v) is 11.3. The molecule has 1 aromatic carbocycles. The number of fused-ring (bicyclic) bond motifs is 1. The molecular weight excluding hydrogens is 210 g/mol. The molecule has 0 amide bonds. The lowest BCUT2D eigenvalue weighted by Crippen LogP contribution is -2.28. The van der Waals surface area contributed by atoms with E-state index in [1.54, 1.807) is 0 Å². The van der Waals surface area contributed by atoms with Crippen molar-refractivity contribution in [1.29, 1.82) is 0 Å². The van der Waals surface area contributed by atoms with Crippen LogP contribution in [0.4, 0.5) is 5.69 Å². The lowest BCUT2D eigenvalue weighted by Gasteiger charge is -2.24. The summed E-state index contributed by atoms with van der Waals surface area (Å²) in [6.07, 6.45) is 2.20. The normalized spacial score (nSPS) is 19.5. The molecule has 94 valence electrons. The van der Waals surface area contributed by atoms with Gasteiger partial charge in [0.25, 0.3) is 0 Å². The number of ether oxygens (including phenoxy) is 1. The number of anilines is 1. The molecule has 1 unspecified atom stereocenters. The Labute approximate surface area is 104 Å². The first-order chi connectivity index (χ1) is 8.02. The average Bonchev–Trinajstić information content (AvgIpc) is 2.44. The largest absolute Gasteiger partial charge is 0.486 e. The van der Waals surface area contributed by atoms with Gasteiger partial charge < -0.3 is 10.1 Å². The first-order valence-electron chi connectivity index (χ1n) is 6.58. The molecule has 1 aromatic rings. The minimum Gasteiger partial charge on any atom is -0.486 e. The lowest BCUT2D eigenvalue weighted by atomic mass is 9.98. The fourth-order valence-corrected chi connectivity index (χ4v) is 2.16. The van der Waals surface area contributed by atoms with Gasteiger partial charge >= 0.3 is 0 Å². The second kappa shape index (κ2) is 4.59. The van der Waals surface area contributed by atoms with Gasteiger partial charge in [-0.15, -0.1) is 0 Å². The molecule has 0 aromatic heterocycles. The standard InChI is InChI=1S/C15H23NO/c1-5-11(2)12-6-7-14-13(10-12)16-9-8-15(3,4)17-14/h6-7,10-11,16H,5,8-9H2,1-4H3. The smallest absolute Gasteiger partial charge is 0.143 e. The van der Waals surface area contributed by atoms with Crippen LogP contribution in [-0.2, 0) is 0 Å². The minimum atomic E-state index is -0.0733. The Kier molecular flexibility index (Phi) is 3.32. The first-order valence-corrected chi connectivity index (χ1v) is 6.58. The summed E-state index contributed by atoms with van der Waals surface area (Å²) in [4.78, 5) is 0. The van der Waals surface area contributed by atoms with Crippen LogP contribution in [0, 0.1) is 0 Å². The molecule has 0 saturated carbocycles. The van der Waals surface area contributed by atoms with Crippen LogP contribution in [0.5, 0.6) is 5.75 Å². The van der Waals surface area contributed by atoms with Crippen LogP contribution in [0.25, 0.3) is 0 Å². The SMILES string of the molecule is CCC(C)c1ccc2c(c1)NCCC(C)(C)O2. The molecule has 0 aliphatic carbocycles. The third-order valence-corrected chi connectivity index (χ3v) is 3.61. The van der Waals surface area contributed by atoms with E-state index >= 15 is 0 Å². The Bertz CT molecular complexity index is 398. The van der Waals surface area contributed by atoms with Crippen molar-refractivity contribution in [3.63, 3.8) is 0 Å². The maximum Gasteiger partial charge on any atom is 0.143 e. The van der Waals surface area contributed by atoms with Crippen molar-refractivity contribution < 1.29 is 4.74 Å². The Morgan fingerprint density at radius 1 is 1.41 bits per heavy atom. The molecular formula is C15H23NO. The molecule has 17 heavy (non-hydrogen) atoms. The molecule has 1 atom stereocenters. The monoisotopic (exact) mass is 233 g/mol. The summed E-state index contributed by atoms with van der Waals surface area (Å²) in [7, 11) is 0. The molecule has 1 aliphatic heterocycles. The predicted octanol–water partition coefficient (Wildman–Crippen LogP) is 4.17. The fraction of sp³-hybridized carbons (Fsp3) is 0.600. The molecule has 0 spiro atoms. The van der Waals surface area contributed by atoms with Gasteiger partial charge in [0.05, 0.1) is 5.69 Å². The second-order valence-corrected chi connectivity index (χ2v) is 5.60. The highest BCUT2D eigenvalue weighted by Gasteiger charge is 2.24. The van der Waals surface area contributed by atoms with E-state index in [4.69, 9.17) is 4.74 Å². The maximum atomic E-state index is 6.05. The van der Waals surface area contributed by atoms with Crippen LogP contribution < -0.4 is 10.1 Å². The molecule has 0 saturated heterocycles. The minimum absolute atomic E-state index is 0.0733. The van der Waals surface area contributed by atoms with Crippen LogP contribution in [0.15, 0.2) is 18.2 Å². The van der Waals surface area contributed by atoms with Crippen LogP contribution in [-0.4, -0.2) is 12.1 Å². The molecule has 0 fully saturated rings. The van der Waals surface area contributed by atoms with E-state index in [0.717, 1.165) is 24.4 Å². The van der Waals surface area contributed by atoms with E-state index in [-0.39, 0.29) is 5.60 Å². The lowest BCUT2D eigenvalue weighted by molar-refractivity contribution is 0.108. The van der Waals surface area contributed by atoms with E-state index in [1.165, 1.54) is 12.0 Å². The number of hydrogen-bond donors (Lipinski definition) is 1. The van der Waals surface area contributed by atoms with E-state index in [9.17, 15) is 0 Å². The van der Waals surface area contributed by atoms with Crippen molar-refractivity contribution in [3.05, 3.63) is 23.8 Å². The van der Waals surface area contributed by atoms with Gasteiger partial charge in [-0.25, -0.2) is 0 Å². The van der Waals surface area contributed by atoms with Gasteiger partial charge in [0.2, 0.25) is 0 Å². The average molecular weight is 233 g/mol. The van der Waals surface area contributed by atoms with Crippen molar-refractivity contribution >= 4 is 5.69 Å². The van der Waals surface area contributed by atoms with Crippen LogP contribution in [0.2, 0.25) is 0 Å². The summed E-state index contributed by atoms with van der Waals surface area (Å²) in [6.45, 7) is 9.76. The molecule has 2 rings (SSSR count). The second-order valence-electron chi connectivity index (χ2n) is 5.60. The van der Waals surface area contributed by atoms with E-state index in [0.29, 0.717) is 5.92 Å². The number of nitrogens with one attached hydrogen (secondary N) is 1. The van der Waals surface area contributed by atoms with E-state index in [2.05, 4.69) is 51.2 Å². The predicted molar refractivity (Wildman–Crippen MR) is 73.0 cm³/mol. The summed E-state index contributed by atoms with van der Waals surface area (Å²) in [6, 6.07) is 6.54. The van der Waals surface area contributed by atoms with Gasteiger partial charge in [-0.2, -0.15) is 0 Å². The third-order valence-electron chi connectivity index (χ3n) is 3.61. The summed E-state index contributed by atoms with van der Waals surface area (Å²) in [5.41, 5.74) is 2.46. The van der Waals surface area contributed by atoms with Crippen molar-refractivity contribution in [3.8, 4) is 5.75 Å². The van der Waals surface area contributed by atoms with Crippen LogP contribution in [0.3, 0.4) is 0 Å². The number of rotatable bonds is 2. The molecule has 0 radical (unpaired) electrons. The van der Waals surface area contributed by atoms with Crippen molar-refractivity contribution in [2.45, 2.75) is 52.1 Å². The summed E-state index contributed by atoms with van der Waals surface area (Å²) in [5, 5.41) is 3.48. The highest BCUT2D eigenvalue weighted by Crippen LogP contribution is 2.35. The highest BCUT2D eigenvalue weighted by molar-refractivity contribution is 5.59. The number of hydrogen-bond acceptors (Lipinski definition) is 2. The van der Waals surface area contributed by atoms with E-state index in [1.807, 2.05) is 0 Å². The third kappa shape index (κ3) is 2.74. The Morgan fingerprint density at radius 2 is 2.18 bits per heavy atom. The Balaban J connectivity index is 2.31. The molecule has 1 heterocycles. The number of benzene rings is 1. The summed E-state index contributed by atoms with van der Waals surface area (Å²) in [5.74, 6) is 1.60. The zero-order valence-electron chi connectivity index (χ0n) is 11.3. The van der Waals surface area contributed by atoms with Gasteiger partial charge in [-0.05, 0) is 43.9 Å². The Hall–Kier alpha value is -1.18. The van der Waals surface area contributed by atoms with Crippen molar-refractivity contribution in [1.82, 2.24) is 0 Å². The first kappa shape index (κ1) is 12.3. The van der Waals surface area contributed by atoms with Gasteiger partial charge in [-0.1, -0.05) is 19.9 Å². The van der Waals surface area contributed by atoms with Gasteiger partial charge in [0.15, 0.2) is 0 Å². The van der Waals surface area contributed by atoms with Gasteiger partial charge in [-0.3, -0.25) is 0 Å². The quantitative estimate of drug-likeness (QED) is 0.827. The molecule has 0 bridgehead atoms. The fourth-order valence-electron chi connectivity index (χ4n) is 2.16. The maximum absolute atomic E-state index is 6.05. The zero-order chi connectivity index (χ0) is 12.5. The molecule has 2 nitrogen and oxygen atoms in total. The van der Waals surface area contributed by atoms with Crippen LogP contribution >= 0.6 is 0 Å². The van der Waals surface area contributed by atoms with Crippen molar-refractivity contribution in [2.75, 3.05) is 11.9 Å². The van der Waals surface area contributed by atoms with Gasteiger partial charge in [0.1, 0.15) is 11.4 Å². The molecule has 1 aliphatic rings. The Morgan fingerprint density at radius 3 is 2.88 bits per heavy atom. The van der Waals surface area contributed by atoms with Crippen LogP contribution in [0.1, 0.15) is 52.0 Å². The summed E-state index contributed by atoms with van der Waals surface area (Å²) >= 11 is 0. The van der Waals surface area contributed by atoms with Gasteiger partial charge in [0, 0.05) is 13.0 Å². The van der Waals surface area contributed by atoms with Crippen molar-refractivity contribution in [2.24, 2.45) is 0 Å². The highest BCUT2D eigenvalue weighted by atomic mass is 16.5. The topological polar surface area (TPSA) is 21.3 Å². The molecule has 2 heteroatoms. The summed E-state index contributed by atoms with van der Waals surface area (Å²) < 4.78 is 6.05.